The Balaban J connectivity index is 1.56. The van der Waals surface area contributed by atoms with Crippen molar-refractivity contribution >= 4 is 17.7 Å². The quantitative estimate of drug-likeness (QED) is 0.745. The van der Waals surface area contributed by atoms with Gasteiger partial charge >= 0.3 is 0 Å². The Morgan fingerprint density at radius 2 is 1.96 bits per heavy atom. The van der Waals surface area contributed by atoms with E-state index in [1.54, 1.807) is 0 Å². The molecule has 2 fully saturated rings. The summed E-state index contributed by atoms with van der Waals surface area (Å²) in [7, 11) is 0. The minimum Gasteiger partial charge on any atom is -0.484 e. The molecular formula is C21H32N2O3S. The summed E-state index contributed by atoms with van der Waals surface area (Å²) in [5, 5.41) is 0. The van der Waals surface area contributed by atoms with Crippen LogP contribution in [0, 0.1) is 0 Å². The van der Waals surface area contributed by atoms with Crippen LogP contribution in [0.4, 0.5) is 0 Å². The Bertz CT molecular complexity index is 588. The summed E-state index contributed by atoms with van der Waals surface area (Å²) in [4.78, 5) is 17.4. The van der Waals surface area contributed by atoms with Crippen molar-refractivity contribution in [1.29, 1.82) is 0 Å². The maximum Gasteiger partial charge on any atom is 0.260 e. The van der Waals surface area contributed by atoms with Crippen molar-refractivity contribution in [3.05, 3.63) is 29.8 Å². The molecule has 0 bridgehead atoms. The molecule has 3 rings (SSSR count). The summed E-state index contributed by atoms with van der Waals surface area (Å²) < 4.78 is 11.3. The highest BCUT2D eigenvalue weighted by atomic mass is 32.2. The molecular weight excluding hydrogens is 360 g/mol. The fourth-order valence-corrected chi connectivity index (χ4v) is 4.62. The van der Waals surface area contributed by atoms with E-state index in [9.17, 15) is 4.79 Å². The Hall–Kier alpha value is -1.24. The molecule has 1 aromatic carbocycles. The lowest BCUT2D eigenvalue weighted by Crippen LogP contribution is -2.51. The van der Waals surface area contributed by atoms with Crippen LogP contribution < -0.4 is 4.74 Å². The number of ether oxygens (including phenoxy) is 2. The van der Waals surface area contributed by atoms with Crippen molar-refractivity contribution in [3.63, 3.8) is 0 Å². The molecule has 1 amide bonds. The number of carbonyl (C=O) groups is 1. The maximum atomic E-state index is 12.9. The molecule has 2 aliphatic heterocycles. The monoisotopic (exact) mass is 392 g/mol. The third kappa shape index (κ3) is 6.13. The SMILES string of the molecule is CC(C)c1ccc(OCC(=O)N2CCCSC[C@H]2CN2CCOCC2)cc1. The molecule has 27 heavy (non-hydrogen) atoms. The summed E-state index contributed by atoms with van der Waals surface area (Å²) in [5.41, 5.74) is 1.28. The highest BCUT2D eigenvalue weighted by Gasteiger charge is 2.28. The molecule has 1 aromatic rings. The van der Waals surface area contributed by atoms with E-state index in [0.717, 1.165) is 63.1 Å². The van der Waals surface area contributed by atoms with Crippen LogP contribution in [0.25, 0.3) is 0 Å². The smallest absolute Gasteiger partial charge is 0.260 e. The van der Waals surface area contributed by atoms with Crippen molar-refractivity contribution in [1.82, 2.24) is 9.80 Å². The van der Waals surface area contributed by atoms with Crippen LogP contribution in [0.2, 0.25) is 0 Å². The minimum atomic E-state index is 0.101. The van der Waals surface area contributed by atoms with Gasteiger partial charge in [-0.2, -0.15) is 11.8 Å². The predicted octanol–water partition coefficient (Wildman–Crippen LogP) is 2.86. The second kappa shape index (κ2) is 10.3. The third-order valence-corrected chi connectivity index (χ3v) is 6.44. The lowest BCUT2D eigenvalue weighted by molar-refractivity contribution is -0.135. The molecule has 0 aliphatic carbocycles. The fraction of sp³-hybridized carbons (Fsp3) is 0.667. The first-order valence-electron chi connectivity index (χ1n) is 10.0. The molecule has 0 aromatic heterocycles. The highest BCUT2D eigenvalue weighted by molar-refractivity contribution is 7.99. The zero-order valence-electron chi connectivity index (χ0n) is 16.6. The number of carbonyl (C=O) groups excluding carboxylic acids is 1. The minimum absolute atomic E-state index is 0.101. The molecule has 0 radical (unpaired) electrons. The summed E-state index contributed by atoms with van der Waals surface area (Å²) in [6.07, 6.45) is 1.05. The summed E-state index contributed by atoms with van der Waals surface area (Å²) in [6, 6.07) is 8.34. The molecule has 2 aliphatic rings. The van der Waals surface area contributed by atoms with Gasteiger partial charge in [-0.05, 0) is 35.8 Å². The summed E-state index contributed by atoms with van der Waals surface area (Å²) in [5.74, 6) is 3.49. The number of thioether (sulfide) groups is 1. The number of hydrogen-bond donors (Lipinski definition) is 0. The molecule has 0 spiro atoms. The molecule has 0 N–H and O–H groups in total. The first kappa shape index (κ1) is 20.5. The molecule has 0 unspecified atom stereocenters. The van der Waals surface area contributed by atoms with Gasteiger partial charge in [-0.15, -0.1) is 0 Å². The fourth-order valence-electron chi connectivity index (χ4n) is 3.57. The second-order valence-electron chi connectivity index (χ2n) is 7.59. The Labute approximate surface area is 167 Å². The molecule has 6 heteroatoms. The van der Waals surface area contributed by atoms with Crippen LogP contribution >= 0.6 is 11.8 Å². The van der Waals surface area contributed by atoms with E-state index >= 15 is 0 Å². The van der Waals surface area contributed by atoms with Crippen LogP contribution in [-0.2, 0) is 9.53 Å². The van der Waals surface area contributed by atoms with Crippen molar-refractivity contribution in [2.45, 2.75) is 32.2 Å². The zero-order chi connectivity index (χ0) is 19.1. The van der Waals surface area contributed by atoms with Crippen LogP contribution in [-0.4, -0.2) is 79.3 Å². The van der Waals surface area contributed by atoms with Gasteiger partial charge in [0.2, 0.25) is 0 Å². The van der Waals surface area contributed by atoms with Crippen LogP contribution in [0.5, 0.6) is 5.75 Å². The lowest BCUT2D eigenvalue weighted by Gasteiger charge is -2.35. The second-order valence-corrected chi connectivity index (χ2v) is 8.74. The topological polar surface area (TPSA) is 42.0 Å². The van der Waals surface area contributed by atoms with Crippen molar-refractivity contribution in [2.24, 2.45) is 0 Å². The lowest BCUT2D eigenvalue weighted by atomic mass is 10.0. The molecule has 0 saturated carbocycles. The number of morpholine rings is 1. The van der Waals surface area contributed by atoms with E-state index in [1.165, 1.54) is 5.56 Å². The summed E-state index contributed by atoms with van der Waals surface area (Å²) in [6.45, 7) is 9.74. The van der Waals surface area contributed by atoms with Gasteiger partial charge in [0, 0.05) is 31.9 Å². The standard InChI is InChI=1S/C21H32N2O3S/c1-17(2)18-4-6-20(7-5-18)26-15-21(24)23-8-3-13-27-16-19(23)14-22-9-11-25-12-10-22/h4-7,17,19H,3,8-16H2,1-2H3/t19-/m1/s1. The maximum absolute atomic E-state index is 12.9. The Morgan fingerprint density at radius 3 is 2.67 bits per heavy atom. The van der Waals surface area contributed by atoms with Gasteiger partial charge in [-0.25, -0.2) is 0 Å². The van der Waals surface area contributed by atoms with Gasteiger partial charge in [0.1, 0.15) is 5.75 Å². The van der Waals surface area contributed by atoms with Crippen molar-refractivity contribution in [3.8, 4) is 5.75 Å². The summed E-state index contributed by atoms with van der Waals surface area (Å²) >= 11 is 1.96. The third-order valence-electron chi connectivity index (χ3n) is 5.24. The number of benzene rings is 1. The van der Waals surface area contributed by atoms with E-state index in [4.69, 9.17) is 9.47 Å². The number of amides is 1. The van der Waals surface area contributed by atoms with E-state index in [-0.39, 0.29) is 18.6 Å². The van der Waals surface area contributed by atoms with E-state index in [2.05, 4.69) is 35.8 Å². The van der Waals surface area contributed by atoms with Gasteiger partial charge in [0.05, 0.1) is 19.3 Å². The molecule has 2 heterocycles. The van der Waals surface area contributed by atoms with Crippen LogP contribution in [0.1, 0.15) is 31.7 Å². The van der Waals surface area contributed by atoms with Gasteiger partial charge in [0.25, 0.3) is 5.91 Å². The average molecular weight is 393 g/mol. The van der Waals surface area contributed by atoms with Gasteiger partial charge < -0.3 is 14.4 Å². The highest BCUT2D eigenvalue weighted by Crippen LogP contribution is 2.20. The van der Waals surface area contributed by atoms with Crippen molar-refractivity contribution < 1.29 is 14.3 Å². The first-order chi connectivity index (χ1) is 13.1. The Morgan fingerprint density at radius 1 is 1.22 bits per heavy atom. The largest absolute Gasteiger partial charge is 0.484 e. The van der Waals surface area contributed by atoms with Gasteiger partial charge in [-0.3, -0.25) is 9.69 Å². The first-order valence-corrected chi connectivity index (χ1v) is 11.2. The zero-order valence-corrected chi connectivity index (χ0v) is 17.4. The van der Waals surface area contributed by atoms with Gasteiger partial charge in [0.15, 0.2) is 6.61 Å². The van der Waals surface area contributed by atoms with E-state index in [0.29, 0.717) is 5.92 Å². The molecule has 1 atom stereocenters. The average Bonchev–Trinajstić information content (AvgIpc) is 2.93. The number of rotatable bonds is 6. The predicted molar refractivity (Wildman–Crippen MR) is 111 cm³/mol. The van der Waals surface area contributed by atoms with Crippen LogP contribution in [0.15, 0.2) is 24.3 Å². The molecule has 150 valence electrons. The number of nitrogens with zero attached hydrogens (tertiary/aromatic N) is 2. The number of hydrogen-bond acceptors (Lipinski definition) is 5. The van der Waals surface area contributed by atoms with Gasteiger partial charge in [-0.1, -0.05) is 26.0 Å². The van der Waals surface area contributed by atoms with E-state index < -0.39 is 0 Å². The van der Waals surface area contributed by atoms with Crippen molar-refractivity contribution in [2.75, 3.05) is 57.5 Å². The molecule has 5 nitrogen and oxygen atoms in total. The normalized spacial score (nSPS) is 21.9. The Kier molecular flexibility index (Phi) is 7.85. The van der Waals surface area contributed by atoms with E-state index in [1.807, 2.05) is 23.9 Å². The molecule has 2 saturated heterocycles. The van der Waals surface area contributed by atoms with Crippen LogP contribution in [0.3, 0.4) is 0 Å².